The Labute approximate surface area is 95.5 Å². The second-order valence-corrected chi connectivity index (χ2v) is 4.63. The molecule has 2 aromatic heterocycles. The number of aromatic nitrogens is 2. The summed E-state index contributed by atoms with van der Waals surface area (Å²) in [7, 11) is 0. The van der Waals surface area contributed by atoms with Crippen LogP contribution >= 0.6 is 15.9 Å². The highest BCUT2D eigenvalue weighted by molar-refractivity contribution is 9.10. The molecule has 0 aliphatic heterocycles. The van der Waals surface area contributed by atoms with Gasteiger partial charge in [0.05, 0.1) is 11.6 Å². The lowest BCUT2D eigenvalue weighted by atomic mass is 10.1. The van der Waals surface area contributed by atoms with Gasteiger partial charge in [0.15, 0.2) is 0 Å². The monoisotopic (exact) mass is 261 g/mol. The molecular formula is C11H8BrN3. The Morgan fingerprint density at radius 2 is 2.27 bits per heavy atom. The Kier molecular flexibility index (Phi) is 1.68. The Hall–Kier alpha value is -1.34. The van der Waals surface area contributed by atoms with Gasteiger partial charge in [0.1, 0.15) is 15.8 Å². The van der Waals surface area contributed by atoms with Crippen molar-refractivity contribution in [2.75, 3.05) is 0 Å². The minimum Gasteiger partial charge on any atom is -0.301 e. The minimum atomic E-state index is -0.337. The van der Waals surface area contributed by atoms with E-state index in [1.165, 1.54) is 0 Å². The van der Waals surface area contributed by atoms with E-state index in [0.717, 1.165) is 28.8 Å². The summed E-state index contributed by atoms with van der Waals surface area (Å²) in [6, 6.07) is 8.29. The number of imidazole rings is 1. The molecule has 2 aromatic rings. The summed E-state index contributed by atoms with van der Waals surface area (Å²) < 4.78 is 2.82. The van der Waals surface area contributed by atoms with E-state index in [1.54, 1.807) is 0 Å². The maximum Gasteiger partial charge on any atom is 0.135 e. The lowest BCUT2D eigenvalue weighted by molar-refractivity contribution is 0.791. The molecule has 0 aromatic carbocycles. The zero-order valence-electron chi connectivity index (χ0n) is 7.94. The lowest BCUT2D eigenvalue weighted by Crippen LogP contribution is -2.08. The van der Waals surface area contributed by atoms with Crippen LogP contribution in [0.3, 0.4) is 0 Å². The third-order valence-electron chi connectivity index (χ3n) is 2.90. The molecule has 3 nitrogen and oxygen atoms in total. The van der Waals surface area contributed by atoms with E-state index in [2.05, 4.69) is 27.0 Å². The second kappa shape index (κ2) is 2.83. The van der Waals surface area contributed by atoms with Crippen molar-refractivity contribution < 1.29 is 0 Å². The van der Waals surface area contributed by atoms with Gasteiger partial charge in [-0.05, 0) is 40.9 Å². The summed E-state index contributed by atoms with van der Waals surface area (Å²) in [5.74, 6) is 0.868. The van der Waals surface area contributed by atoms with Gasteiger partial charge in [-0.15, -0.1) is 0 Å². The fraction of sp³-hybridized carbons (Fsp3) is 0.273. The van der Waals surface area contributed by atoms with E-state index in [4.69, 9.17) is 5.26 Å². The molecule has 1 saturated carbocycles. The standard InChI is InChI=1S/C11H8BrN3/c12-9-8-3-1-2-6-15(8)10(14-9)11(7-13)4-5-11/h1-3,6H,4-5H2. The summed E-state index contributed by atoms with van der Waals surface area (Å²) in [4.78, 5) is 4.45. The maximum absolute atomic E-state index is 9.16. The Morgan fingerprint density at radius 1 is 1.47 bits per heavy atom. The van der Waals surface area contributed by atoms with Crippen LogP contribution in [0.25, 0.3) is 5.52 Å². The van der Waals surface area contributed by atoms with Crippen molar-refractivity contribution in [1.29, 1.82) is 5.26 Å². The molecule has 0 saturated heterocycles. The number of hydrogen-bond donors (Lipinski definition) is 0. The van der Waals surface area contributed by atoms with Crippen molar-refractivity contribution in [3.05, 3.63) is 34.8 Å². The first-order valence-corrected chi connectivity index (χ1v) is 5.60. The average Bonchev–Trinajstić information content (AvgIpc) is 3.00. The summed E-state index contributed by atoms with van der Waals surface area (Å²) >= 11 is 3.43. The predicted octanol–water partition coefficient (Wildman–Crippen LogP) is 2.65. The molecule has 0 unspecified atom stereocenters. The Balaban J connectivity index is 2.34. The van der Waals surface area contributed by atoms with Gasteiger partial charge >= 0.3 is 0 Å². The molecule has 4 heteroatoms. The lowest BCUT2D eigenvalue weighted by Gasteiger charge is -2.03. The summed E-state index contributed by atoms with van der Waals surface area (Å²) in [6.45, 7) is 0. The molecule has 0 atom stereocenters. The smallest absolute Gasteiger partial charge is 0.135 e. The van der Waals surface area contributed by atoms with E-state index < -0.39 is 0 Å². The normalized spacial score (nSPS) is 17.6. The third kappa shape index (κ3) is 1.13. The van der Waals surface area contributed by atoms with Crippen LogP contribution in [0.1, 0.15) is 18.7 Å². The van der Waals surface area contributed by atoms with Crippen LogP contribution in [0.4, 0.5) is 0 Å². The molecule has 0 bridgehead atoms. The fourth-order valence-corrected chi connectivity index (χ4v) is 2.34. The van der Waals surface area contributed by atoms with Crippen LogP contribution in [-0.2, 0) is 5.41 Å². The van der Waals surface area contributed by atoms with Crippen LogP contribution in [0, 0.1) is 11.3 Å². The van der Waals surface area contributed by atoms with E-state index in [1.807, 2.05) is 28.8 Å². The van der Waals surface area contributed by atoms with Gasteiger partial charge in [0, 0.05) is 6.20 Å². The molecule has 3 rings (SSSR count). The van der Waals surface area contributed by atoms with Crippen LogP contribution < -0.4 is 0 Å². The number of halogens is 1. The molecule has 15 heavy (non-hydrogen) atoms. The maximum atomic E-state index is 9.16. The van der Waals surface area contributed by atoms with Gasteiger partial charge < -0.3 is 4.40 Å². The van der Waals surface area contributed by atoms with Crippen LogP contribution in [-0.4, -0.2) is 9.38 Å². The SMILES string of the molecule is N#CC1(c2nc(Br)c3ccccn23)CC1. The minimum absolute atomic E-state index is 0.337. The van der Waals surface area contributed by atoms with Gasteiger partial charge in [-0.2, -0.15) is 5.26 Å². The molecule has 2 heterocycles. The number of pyridine rings is 1. The van der Waals surface area contributed by atoms with Gasteiger partial charge in [0.25, 0.3) is 0 Å². The Morgan fingerprint density at radius 3 is 2.93 bits per heavy atom. The van der Waals surface area contributed by atoms with Crippen molar-refractivity contribution in [2.24, 2.45) is 0 Å². The first-order chi connectivity index (χ1) is 7.27. The molecular weight excluding hydrogens is 254 g/mol. The largest absolute Gasteiger partial charge is 0.301 e. The summed E-state index contributed by atoms with van der Waals surface area (Å²) in [6.07, 6.45) is 3.80. The summed E-state index contributed by atoms with van der Waals surface area (Å²) in [5, 5.41) is 9.16. The first-order valence-electron chi connectivity index (χ1n) is 4.81. The van der Waals surface area contributed by atoms with Crippen molar-refractivity contribution in [3.8, 4) is 6.07 Å². The van der Waals surface area contributed by atoms with E-state index in [-0.39, 0.29) is 5.41 Å². The zero-order valence-corrected chi connectivity index (χ0v) is 9.53. The highest BCUT2D eigenvalue weighted by atomic mass is 79.9. The third-order valence-corrected chi connectivity index (χ3v) is 3.48. The zero-order chi connectivity index (χ0) is 10.5. The molecule has 74 valence electrons. The summed E-state index contributed by atoms with van der Waals surface area (Å²) in [5.41, 5.74) is 0.685. The van der Waals surface area contributed by atoms with Gasteiger partial charge in [0.2, 0.25) is 0 Å². The van der Waals surface area contributed by atoms with Crippen molar-refractivity contribution >= 4 is 21.4 Å². The van der Waals surface area contributed by atoms with Crippen molar-refractivity contribution in [1.82, 2.24) is 9.38 Å². The average molecular weight is 262 g/mol. The van der Waals surface area contributed by atoms with Crippen molar-refractivity contribution in [2.45, 2.75) is 18.3 Å². The number of rotatable bonds is 1. The molecule has 1 aliphatic rings. The molecule has 0 radical (unpaired) electrons. The number of nitrogens with zero attached hydrogens (tertiary/aromatic N) is 3. The predicted molar refractivity (Wildman–Crippen MR) is 59.4 cm³/mol. The van der Waals surface area contributed by atoms with Crippen LogP contribution in [0.2, 0.25) is 0 Å². The molecule has 0 N–H and O–H groups in total. The van der Waals surface area contributed by atoms with Crippen LogP contribution in [0.5, 0.6) is 0 Å². The van der Waals surface area contributed by atoms with E-state index in [0.29, 0.717) is 0 Å². The Bertz CT molecular complexity index is 575. The molecule has 1 fully saturated rings. The highest BCUT2D eigenvalue weighted by Gasteiger charge is 2.48. The molecule has 0 amide bonds. The fourth-order valence-electron chi connectivity index (χ4n) is 1.85. The first kappa shape index (κ1) is 8.93. The van der Waals surface area contributed by atoms with Crippen LogP contribution in [0.15, 0.2) is 29.0 Å². The van der Waals surface area contributed by atoms with Gasteiger partial charge in [-0.25, -0.2) is 4.98 Å². The topological polar surface area (TPSA) is 41.1 Å². The van der Waals surface area contributed by atoms with Crippen molar-refractivity contribution in [3.63, 3.8) is 0 Å². The molecule has 1 aliphatic carbocycles. The quantitative estimate of drug-likeness (QED) is 0.792. The van der Waals surface area contributed by atoms with Gasteiger partial charge in [-0.1, -0.05) is 6.07 Å². The van der Waals surface area contributed by atoms with E-state index >= 15 is 0 Å². The van der Waals surface area contributed by atoms with E-state index in [9.17, 15) is 0 Å². The van der Waals surface area contributed by atoms with Gasteiger partial charge in [-0.3, -0.25) is 0 Å². The number of nitriles is 1. The number of hydrogen-bond acceptors (Lipinski definition) is 2. The number of fused-ring (bicyclic) bond motifs is 1. The molecule has 0 spiro atoms. The highest BCUT2D eigenvalue weighted by Crippen LogP contribution is 2.47. The second-order valence-electron chi connectivity index (χ2n) is 3.88.